The van der Waals surface area contributed by atoms with Crippen molar-refractivity contribution < 1.29 is 28.6 Å². The smallest absolute Gasteiger partial charge is 0.302 e. The highest BCUT2D eigenvalue weighted by atomic mass is 32.2. The minimum atomic E-state index is -1.04. The highest BCUT2D eigenvalue weighted by Gasteiger charge is 2.49. The van der Waals surface area contributed by atoms with Crippen LogP contribution in [0, 0.1) is 0 Å². The van der Waals surface area contributed by atoms with Gasteiger partial charge in [0.15, 0.2) is 15.8 Å². The second-order valence-corrected chi connectivity index (χ2v) is 11.2. The van der Waals surface area contributed by atoms with Crippen LogP contribution in [0.15, 0.2) is 93.4 Å². The first kappa shape index (κ1) is 26.6. The maximum Gasteiger partial charge on any atom is 0.302 e. The average Bonchev–Trinajstić information content (AvgIpc) is 3.76. The molecule has 1 amide bonds. The van der Waals surface area contributed by atoms with Crippen LogP contribution in [0.3, 0.4) is 0 Å². The molecule has 1 saturated heterocycles. The van der Waals surface area contributed by atoms with E-state index in [4.69, 9.17) is 13.9 Å². The molecule has 1 N–H and O–H groups in total. The molecule has 0 aliphatic carbocycles. The van der Waals surface area contributed by atoms with Crippen molar-refractivity contribution >= 4 is 56.5 Å². The molecule has 41 heavy (non-hydrogen) atoms. The molecule has 6 rings (SSSR count). The molecule has 1 fully saturated rings. The standard InChI is InChI=1S/C30H23N3O6S2/c1-37-21-13-12-18(15-23(21)38-2)26(34)24-25(22-11-6-14-39-22)33(28(36)27(24)35)29-31-32-30(41-29)40-16-19-9-5-8-17-7-3-4-10-20(17)19/h3-15,25,34H,16H2,1-2H3/b26-24+. The van der Waals surface area contributed by atoms with Gasteiger partial charge in [0.05, 0.1) is 26.1 Å². The molecule has 0 saturated carbocycles. The molecular formula is C30H23N3O6S2. The molecule has 0 radical (unpaired) electrons. The number of methoxy groups -OCH3 is 2. The Morgan fingerprint density at radius 3 is 2.59 bits per heavy atom. The van der Waals surface area contributed by atoms with Gasteiger partial charge < -0.3 is 19.0 Å². The number of hydrogen-bond acceptors (Lipinski definition) is 10. The first-order valence-electron chi connectivity index (χ1n) is 12.5. The summed E-state index contributed by atoms with van der Waals surface area (Å²) in [6, 6.07) is 21.3. The third-order valence-corrected chi connectivity index (χ3v) is 8.85. The first-order chi connectivity index (χ1) is 20.0. The quantitative estimate of drug-likeness (QED) is 0.0745. The molecule has 1 atom stereocenters. The molecule has 0 bridgehead atoms. The number of rotatable bonds is 8. The number of aliphatic hydroxyl groups is 1. The Kier molecular flexibility index (Phi) is 7.21. The zero-order chi connectivity index (χ0) is 28.5. The van der Waals surface area contributed by atoms with Crippen LogP contribution in [0.2, 0.25) is 0 Å². The Hall–Kier alpha value is -4.61. The second kappa shape index (κ2) is 11.1. The zero-order valence-electron chi connectivity index (χ0n) is 21.9. The minimum Gasteiger partial charge on any atom is -0.507 e. The Labute approximate surface area is 243 Å². The number of furan rings is 1. The number of ether oxygens (including phenoxy) is 2. The summed E-state index contributed by atoms with van der Waals surface area (Å²) in [7, 11) is 2.96. The number of aromatic nitrogens is 2. The number of Topliss-reactive ketones (excluding diaryl/α,β-unsaturated/α-hetero) is 1. The van der Waals surface area contributed by atoms with E-state index in [2.05, 4.69) is 34.5 Å². The van der Waals surface area contributed by atoms with Crippen LogP contribution in [0.25, 0.3) is 16.5 Å². The van der Waals surface area contributed by atoms with E-state index >= 15 is 0 Å². The number of thioether (sulfide) groups is 1. The lowest BCUT2D eigenvalue weighted by Gasteiger charge is -2.20. The van der Waals surface area contributed by atoms with Crippen molar-refractivity contribution in [1.29, 1.82) is 0 Å². The van der Waals surface area contributed by atoms with E-state index in [1.54, 1.807) is 24.3 Å². The molecule has 3 aromatic carbocycles. The number of hydrogen-bond donors (Lipinski definition) is 1. The first-order valence-corrected chi connectivity index (χ1v) is 14.3. The number of carbonyl (C=O) groups is 2. The molecule has 11 heteroatoms. The van der Waals surface area contributed by atoms with Gasteiger partial charge in [0.25, 0.3) is 5.78 Å². The van der Waals surface area contributed by atoms with Crippen molar-refractivity contribution in [2.75, 3.05) is 19.1 Å². The summed E-state index contributed by atoms with van der Waals surface area (Å²) >= 11 is 2.69. The third kappa shape index (κ3) is 4.83. The van der Waals surface area contributed by atoms with Crippen molar-refractivity contribution in [2.45, 2.75) is 16.1 Å². The van der Waals surface area contributed by atoms with Crippen LogP contribution in [0.1, 0.15) is 22.9 Å². The van der Waals surface area contributed by atoms with Crippen molar-refractivity contribution in [3.8, 4) is 11.5 Å². The Balaban J connectivity index is 1.35. The SMILES string of the molecule is COc1ccc(/C(O)=C2\C(=O)C(=O)N(c3nnc(SCc4cccc5ccccc45)s3)C2c2ccco2)cc1OC. The number of benzene rings is 3. The Morgan fingerprint density at radius 1 is 1.00 bits per heavy atom. The Morgan fingerprint density at radius 2 is 1.80 bits per heavy atom. The van der Waals surface area contributed by atoms with Crippen molar-refractivity contribution in [2.24, 2.45) is 0 Å². The molecule has 0 spiro atoms. The summed E-state index contributed by atoms with van der Waals surface area (Å²) in [4.78, 5) is 28.0. The van der Waals surface area contributed by atoms with Gasteiger partial charge in [-0.1, -0.05) is 65.6 Å². The number of ketones is 1. The van der Waals surface area contributed by atoms with Gasteiger partial charge in [-0.2, -0.15) is 0 Å². The maximum atomic E-state index is 13.4. The molecular weight excluding hydrogens is 562 g/mol. The molecule has 2 aromatic heterocycles. The zero-order valence-corrected chi connectivity index (χ0v) is 23.6. The van der Waals surface area contributed by atoms with Crippen LogP contribution >= 0.6 is 23.1 Å². The second-order valence-electron chi connectivity index (χ2n) is 9.03. The van der Waals surface area contributed by atoms with Crippen LogP contribution < -0.4 is 14.4 Å². The predicted molar refractivity (Wildman–Crippen MR) is 156 cm³/mol. The van der Waals surface area contributed by atoms with Gasteiger partial charge in [-0.3, -0.25) is 14.5 Å². The molecule has 1 aliphatic heterocycles. The fourth-order valence-electron chi connectivity index (χ4n) is 4.80. The lowest BCUT2D eigenvalue weighted by Crippen LogP contribution is -2.29. The monoisotopic (exact) mass is 585 g/mol. The van der Waals surface area contributed by atoms with Gasteiger partial charge in [-0.05, 0) is 46.7 Å². The van der Waals surface area contributed by atoms with E-state index < -0.39 is 17.7 Å². The van der Waals surface area contributed by atoms with Crippen LogP contribution in [-0.2, 0) is 15.3 Å². The van der Waals surface area contributed by atoms with E-state index in [1.165, 1.54) is 54.5 Å². The average molecular weight is 586 g/mol. The number of fused-ring (bicyclic) bond motifs is 1. The highest BCUT2D eigenvalue weighted by molar-refractivity contribution is 8.00. The van der Waals surface area contributed by atoms with Gasteiger partial charge in [-0.15, -0.1) is 10.2 Å². The topological polar surface area (TPSA) is 115 Å². The van der Waals surface area contributed by atoms with E-state index in [0.717, 1.165) is 16.3 Å². The fourth-order valence-corrected chi connectivity index (χ4v) is 6.67. The van der Waals surface area contributed by atoms with Crippen molar-refractivity contribution in [3.05, 3.63) is 102 Å². The van der Waals surface area contributed by atoms with Gasteiger partial charge in [0, 0.05) is 11.3 Å². The lowest BCUT2D eigenvalue weighted by atomic mass is 9.99. The molecule has 206 valence electrons. The Bertz CT molecular complexity index is 1790. The van der Waals surface area contributed by atoms with Crippen molar-refractivity contribution in [1.82, 2.24) is 10.2 Å². The predicted octanol–water partition coefficient (Wildman–Crippen LogP) is 6.22. The number of nitrogens with zero attached hydrogens (tertiary/aromatic N) is 3. The third-order valence-electron chi connectivity index (χ3n) is 6.75. The van der Waals surface area contributed by atoms with E-state index in [0.29, 0.717) is 27.4 Å². The minimum absolute atomic E-state index is 0.127. The van der Waals surface area contributed by atoms with Gasteiger partial charge in [-0.25, -0.2) is 0 Å². The summed E-state index contributed by atoms with van der Waals surface area (Å²) in [5, 5.41) is 22.4. The summed E-state index contributed by atoms with van der Waals surface area (Å²) in [6.07, 6.45) is 1.44. The molecule has 1 aliphatic rings. The number of carbonyl (C=O) groups excluding carboxylic acids is 2. The summed E-state index contributed by atoms with van der Waals surface area (Å²) < 4.78 is 16.9. The van der Waals surface area contributed by atoms with Gasteiger partial charge in [0.2, 0.25) is 5.13 Å². The number of aliphatic hydroxyl groups excluding tert-OH is 1. The van der Waals surface area contributed by atoms with Crippen LogP contribution in [0.4, 0.5) is 5.13 Å². The van der Waals surface area contributed by atoms with Crippen LogP contribution in [-0.4, -0.2) is 41.2 Å². The van der Waals surface area contributed by atoms with Crippen LogP contribution in [0.5, 0.6) is 11.5 Å². The maximum absolute atomic E-state index is 13.4. The molecule has 5 aromatic rings. The van der Waals surface area contributed by atoms with Gasteiger partial charge in [0.1, 0.15) is 17.6 Å². The summed E-state index contributed by atoms with van der Waals surface area (Å²) in [5.74, 6) is -0.314. The largest absolute Gasteiger partial charge is 0.507 e. The van der Waals surface area contributed by atoms with Crippen molar-refractivity contribution in [3.63, 3.8) is 0 Å². The van der Waals surface area contributed by atoms with E-state index in [-0.39, 0.29) is 22.0 Å². The van der Waals surface area contributed by atoms with Gasteiger partial charge >= 0.3 is 5.91 Å². The molecule has 1 unspecified atom stereocenters. The lowest BCUT2D eigenvalue weighted by molar-refractivity contribution is -0.132. The molecule has 9 nitrogen and oxygen atoms in total. The normalized spacial score (nSPS) is 16.4. The molecule has 3 heterocycles. The van der Waals surface area contributed by atoms with E-state index in [9.17, 15) is 14.7 Å². The summed E-state index contributed by atoms with van der Waals surface area (Å²) in [6.45, 7) is 0. The highest BCUT2D eigenvalue weighted by Crippen LogP contribution is 2.45. The van der Waals surface area contributed by atoms with E-state index in [1.807, 2.05) is 18.2 Å². The summed E-state index contributed by atoms with van der Waals surface area (Å²) in [5.41, 5.74) is 1.30. The number of anilines is 1. The fraction of sp³-hybridized carbons (Fsp3) is 0.133. The number of amides is 1.